The number of anilines is 1. The molecule has 29 heavy (non-hydrogen) atoms. The van der Waals surface area contributed by atoms with E-state index in [4.69, 9.17) is 0 Å². The number of urea groups is 1. The Morgan fingerprint density at radius 2 is 1.69 bits per heavy atom. The lowest BCUT2D eigenvalue weighted by molar-refractivity contribution is 0.206. The van der Waals surface area contributed by atoms with Crippen LogP contribution in [0.25, 0.3) is 10.9 Å². The van der Waals surface area contributed by atoms with Crippen LogP contribution in [-0.2, 0) is 19.4 Å². The molecule has 0 bridgehead atoms. The summed E-state index contributed by atoms with van der Waals surface area (Å²) >= 11 is 0. The highest BCUT2D eigenvalue weighted by molar-refractivity contribution is 5.91. The van der Waals surface area contributed by atoms with Crippen LogP contribution in [0.2, 0.25) is 0 Å². The van der Waals surface area contributed by atoms with Crippen molar-refractivity contribution in [2.45, 2.75) is 19.4 Å². The summed E-state index contributed by atoms with van der Waals surface area (Å²) in [5.41, 5.74) is 6.87. The fourth-order valence-electron chi connectivity index (χ4n) is 4.15. The average Bonchev–Trinajstić information content (AvgIpc) is 3.14. The van der Waals surface area contributed by atoms with E-state index in [9.17, 15) is 4.79 Å². The summed E-state index contributed by atoms with van der Waals surface area (Å²) in [5, 5.41) is 4.36. The summed E-state index contributed by atoms with van der Waals surface area (Å²) in [6.45, 7) is 1.35. The molecule has 1 aliphatic heterocycles. The normalized spacial score (nSPS) is 13.3. The molecule has 0 aliphatic carbocycles. The molecule has 1 aliphatic rings. The van der Waals surface area contributed by atoms with Crippen molar-refractivity contribution in [3.63, 3.8) is 0 Å². The number of aromatic amines is 1. The van der Waals surface area contributed by atoms with E-state index in [1.54, 1.807) is 0 Å². The van der Waals surface area contributed by atoms with Gasteiger partial charge in [0.2, 0.25) is 0 Å². The number of H-pyrrole nitrogens is 1. The zero-order valence-electron chi connectivity index (χ0n) is 16.2. The summed E-state index contributed by atoms with van der Waals surface area (Å²) in [7, 11) is 0. The van der Waals surface area contributed by atoms with E-state index < -0.39 is 0 Å². The van der Waals surface area contributed by atoms with E-state index in [1.165, 1.54) is 22.2 Å². The Labute approximate surface area is 170 Å². The van der Waals surface area contributed by atoms with Crippen molar-refractivity contribution < 1.29 is 4.79 Å². The van der Waals surface area contributed by atoms with Crippen molar-refractivity contribution in [1.82, 2.24) is 9.88 Å². The topological polar surface area (TPSA) is 48.1 Å². The Hall–Kier alpha value is -3.53. The van der Waals surface area contributed by atoms with E-state index in [2.05, 4.69) is 46.7 Å². The molecule has 1 aromatic heterocycles. The quantitative estimate of drug-likeness (QED) is 0.494. The first-order valence-electron chi connectivity index (χ1n) is 10.0. The Morgan fingerprint density at radius 3 is 2.59 bits per heavy atom. The molecule has 0 saturated heterocycles. The summed E-state index contributed by atoms with van der Waals surface area (Å²) in [4.78, 5) is 18.5. The Bertz CT molecular complexity index is 1160. The van der Waals surface area contributed by atoms with E-state index in [0.29, 0.717) is 13.1 Å². The second-order valence-corrected chi connectivity index (χ2v) is 7.55. The van der Waals surface area contributed by atoms with E-state index >= 15 is 0 Å². The fraction of sp³-hybridized carbons (Fsp3) is 0.160. The maximum Gasteiger partial charge on any atom is 0.322 e. The fourth-order valence-corrected chi connectivity index (χ4v) is 4.15. The highest BCUT2D eigenvalue weighted by atomic mass is 16.2. The first-order valence-corrected chi connectivity index (χ1v) is 10.0. The maximum absolute atomic E-state index is 13.0. The third-order valence-electron chi connectivity index (χ3n) is 5.67. The van der Waals surface area contributed by atoms with Gasteiger partial charge in [-0.1, -0.05) is 66.7 Å². The minimum absolute atomic E-state index is 0.0403. The molecule has 4 heteroatoms. The number of benzene rings is 3. The molecular weight excluding hydrogens is 358 g/mol. The van der Waals surface area contributed by atoms with E-state index in [-0.39, 0.29) is 6.03 Å². The number of fused-ring (bicyclic) bond motifs is 3. The zero-order valence-corrected chi connectivity index (χ0v) is 16.2. The number of carbonyl (C=O) groups excluding carboxylic acids is 1. The summed E-state index contributed by atoms with van der Waals surface area (Å²) in [5.74, 6) is 0. The smallest absolute Gasteiger partial charge is 0.322 e. The molecule has 2 N–H and O–H groups in total. The molecule has 0 saturated carbocycles. The number of amides is 2. The number of hydrogen-bond acceptors (Lipinski definition) is 1. The lowest BCUT2D eigenvalue weighted by Gasteiger charge is -2.28. The van der Waals surface area contributed by atoms with Gasteiger partial charge in [0.15, 0.2) is 0 Å². The average molecular weight is 381 g/mol. The van der Waals surface area contributed by atoms with Gasteiger partial charge in [0, 0.05) is 47.4 Å². The SMILES string of the molecule is O=C(Nc1ccccc1Cc1ccccc1)N1CCc2[nH]c3ccccc3c2C1. The molecule has 4 aromatic rings. The Balaban J connectivity index is 1.35. The van der Waals surface area contributed by atoms with Crippen molar-refractivity contribution in [2.24, 2.45) is 0 Å². The first kappa shape index (κ1) is 17.6. The summed E-state index contributed by atoms with van der Waals surface area (Å²) in [6, 6.07) is 26.7. The minimum atomic E-state index is -0.0403. The number of nitrogens with zero attached hydrogens (tertiary/aromatic N) is 1. The van der Waals surface area contributed by atoms with Crippen LogP contribution in [0.4, 0.5) is 10.5 Å². The third kappa shape index (κ3) is 3.49. The van der Waals surface area contributed by atoms with Gasteiger partial charge in [-0.15, -0.1) is 0 Å². The van der Waals surface area contributed by atoms with Gasteiger partial charge in [0.05, 0.1) is 0 Å². The third-order valence-corrected chi connectivity index (χ3v) is 5.67. The second-order valence-electron chi connectivity index (χ2n) is 7.55. The van der Waals surface area contributed by atoms with Crippen molar-refractivity contribution in [3.05, 3.63) is 101 Å². The highest BCUT2D eigenvalue weighted by Crippen LogP contribution is 2.28. The highest BCUT2D eigenvalue weighted by Gasteiger charge is 2.24. The predicted molar refractivity (Wildman–Crippen MR) is 117 cm³/mol. The molecule has 2 amide bonds. The largest absolute Gasteiger partial charge is 0.358 e. The van der Waals surface area contributed by atoms with Crippen molar-refractivity contribution in [3.8, 4) is 0 Å². The van der Waals surface area contributed by atoms with Gasteiger partial charge in [0.1, 0.15) is 0 Å². The molecule has 0 unspecified atom stereocenters. The number of hydrogen-bond donors (Lipinski definition) is 2. The predicted octanol–water partition coefficient (Wildman–Crippen LogP) is 5.35. The first-order chi connectivity index (χ1) is 14.3. The van der Waals surface area contributed by atoms with Crippen LogP contribution in [0.1, 0.15) is 22.4 Å². The van der Waals surface area contributed by atoms with Crippen LogP contribution in [0.15, 0.2) is 78.9 Å². The van der Waals surface area contributed by atoms with Crippen LogP contribution >= 0.6 is 0 Å². The molecule has 2 heterocycles. The molecule has 4 nitrogen and oxygen atoms in total. The molecule has 5 rings (SSSR count). The van der Waals surface area contributed by atoms with Crippen LogP contribution in [-0.4, -0.2) is 22.5 Å². The van der Waals surface area contributed by atoms with E-state index in [1.807, 2.05) is 47.4 Å². The van der Waals surface area contributed by atoms with Gasteiger partial charge in [-0.2, -0.15) is 0 Å². The van der Waals surface area contributed by atoms with Crippen LogP contribution in [0.5, 0.6) is 0 Å². The molecule has 144 valence electrons. The van der Waals surface area contributed by atoms with Gasteiger partial charge < -0.3 is 15.2 Å². The molecule has 0 fully saturated rings. The molecular formula is C25H23N3O. The molecule has 0 atom stereocenters. The number of nitrogens with one attached hydrogen (secondary N) is 2. The Morgan fingerprint density at radius 1 is 0.931 bits per heavy atom. The van der Waals surface area contributed by atoms with Gasteiger partial charge in [0.25, 0.3) is 0 Å². The van der Waals surface area contributed by atoms with Gasteiger partial charge in [-0.25, -0.2) is 4.79 Å². The zero-order chi connectivity index (χ0) is 19.6. The summed E-state index contributed by atoms with van der Waals surface area (Å²) < 4.78 is 0. The van der Waals surface area contributed by atoms with Gasteiger partial charge in [-0.3, -0.25) is 0 Å². The number of aromatic nitrogens is 1. The standard InChI is InChI=1S/C25H23N3O/c29-25(27-22-12-6-4-10-19(22)16-18-8-2-1-3-9-18)28-15-14-24-21(17-28)20-11-5-7-13-23(20)26-24/h1-13,26H,14-17H2,(H,27,29). The second kappa shape index (κ2) is 7.47. The van der Waals surface area contributed by atoms with Crippen molar-refractivity contribution in [1.29, 1.82) is 0 Å². The Kier molecular flexibility index (Phi) is 4.53. The number of carbonyl (C=O) groups is 1. The lowest BCUT2D eigenvalue weighted by atomic mass is 10.0. The molecule has 0 radical (unpaired) electrons. The van der Waals surface area contributed by atoms with Crippen LogP contribution in [0.3, 0.4) is 0 Å². The van der Waals surface area contributed by atoms with Gasteiger partial charge >= 0.3 is 6.03 Å². The van der Waals surface area contributed by atoms with Crippen LogP contribution < -0.4 is 5.32 Å². The minimum Gasteiger partial charge on any atom is -0.358 e. The monoisotopic (exact) mass is 381 g/mol. The van der Waals surface area contributed by atoms with Gasteiger partial charge in [-0.05, 0) is 29.7 Å². The maximum atomic E-state index is 13.0. The summed E-state index contributed by atoms with van der Waals surface area (Å²) in [6.07, 6.45) is 1.65. The van der Waals surface area contributed by atoms with Crippen molar-refractivity contribution in [2.75, 3.05) is 11.9 Å². The molecule has 0 spiro atoms. The van der Waals surface area contributed by atoms with Crippen molar-refractivity contribution >= 4 is 22.6 Å². The number of rotatable bonds is 3. The lowest BCUT2D eigenvalue weighted by Crippen LogP contribution is -2.38. The van der Waals surface area contributed by atoms with E-state index in [0.717, 1.165) is 29.6 Å². The number of para-hydroxylation sites is 2. The molecule has 3 aromatic carbocycles. The van der Waals surface area contributed by atoms with Crippen LogP contribution in [0, 0.1) is 0 Å².